The number of allylic oxidation sites excluding steroid dienone is 1. The molecule has 3 rings (SSSR count). The van der Waals surface area contributed by atoms with Crippen LogP contribution in [0.2, 0.25) is 10.0 Å². The van der Waals surface area contributed by atoms with Crippen LogP contribution in [0, 0.1) is 32.1 Å². The van der Waals surface area contributed by atoms with Crippen molar-refractivity contribution in [2.24, 2.45) is 0 Å². The molecule has 0 spiro atoms. The summed E-state index contributed by atoms with van der Waals surface area (Å²) in [6.45, 7) is 6.16. The largest absolute Gasteiger partial charge is 0.318 e. The first-order valence-corrected chi connectivity index (χ1v) is 8.99. The first-order chi connectivity index (χ1) is 12.4. The van der Waals surface area contributed by atoms with E-state index < -0.39 is 0 Å². The average Bonchev–Trinajstić information content (AvgIpc) is 2.88. The zero-order chi connectivity index (χ0) is 18.8. The molecule has 26 heavy (non-hydrogen) atoms. The summed E-state index contributed by atoms with van der Waals surface area (Å²) < 4.78 is 2.17. The monoisotopic (exact) mass is 380 g/mol. The summed E-state index contributed by atoms with van der Waals surface area (Å²) in [5.41, 5.74) is 6.72. The summed E-state index contributed by atoms with van der Waals surface area (Å²) in [4.78, 5) is 0. The van der Waals surface area contributed by atoms with E-state index in [2.05, 4.69) is 30.6 Å². The van der Waals surface area contributed by atoms with Gasteiger partial charge in [-0.25, -0.2) is 0 Å². The van der Waals surface area contributed by atoms with Gasteiger partial charge in [0, 0.05) is 27.1 Å². The van der Waals surface area contributed by atoms with E-state index >= 15 is 0 Å². The Bertz CT molecular complexity index is 1050. The highest BCUT2D eigenvalue weighted by molar-refractivity contribution is 6.31. The standard InChI is InChI=1S/C22H18Cl2N2/c1-14-7-8-21(24)12-22(14)26-15(2)9-18(16(26)3)10-19(13-25)17-5-4-6-20(23)11-17/h4-12H,1-3H3/b19-10-. The molecule has 2 aromatic carbocycles. The molecule has 2 nitrogen and oxygen atoms in total. The van der Waals surface area contributed by atoms with Crippen LogP contribution in [0.1, 0.15) is 28.1 Å². The summed E-state index contributed by atoms with van der Waals surface area (Å²) in [6, 6.07) is 17.6. The summed E-state index contributed by atoms with van der Waals surface area (Å²) in [5, 5.41) is 10.9. The molecule has 0 unspecified atom stereocenters. The van der Waals surface area contributed by atoms with Crippen molar-refractivity contribution >= 4 is 34.9 Å². The van der Waals surface area contributed by atoms with E-state index in [-0.39, 0.29) is 0 Å². The second-order valence-corrected chi connectivity index (χ2v) is 7.15. The molecule has 0 radical (unpaired) electrons. The van der Waals surface area contributed by atoms with Gasteiger partial charge >= 0.3 is 0 Å². The number of halogens is 2. The van der Waals surface area contributed by atoms with Gasteiger partial charge in [0.1, 0.15) is 0 Å². The van der Waals surface area contributed by atoms with E-state index in [4.69, 9.17) is 23.2 Å². The van der Waals surface area contributed by atoms with Crippen LogP contribution in [-0.2, 0) is 0 Å². The van der Waals surface area contributed by atoms with Gasteiger partial charge in [-0.05, 0) is 73.9 Å². The van der Waals surface area contributed by atoms with Crippen LogP contribution in [0.3, 0.4) is 0 Å². The van der Waals surface area contributed by atoms with Crippen LogP contribution < -0.4 is 0 Å². The second-order valence-electron chi connectivity index (χ2n) is 6.27. The van der Waals surface area contributed by atoms with E-state index in [9.17, 15) is 5.26 Å². The normalized spacial score (nSPS) is 11.5. The van der Waals surface area contributed by atoms with Crippen molar-refractivity contribution in [3.8, 4) is 11.8 Å². The highest BCUT2D eigenvalue weighted by Gasteiger charge is 2.13. The van der Waals surface area contributed by atoms with Crippen LogP contribution in [0.5, 0.6) is 0 Å². The molecule has 0 N–H and O–H groups in total. The smallest absolute Gasteiger partial charge is 0.0998 e. The minimum atomic E-state index is 0.579. The van der Waals surface area contributed by atoms with Gasteiger partial charge in [-0.3, -0.25) is 0 Å². The highest BCUT2D eigenvalue weighted by Crippen LogP contribution is 2.28. The van der Waals surface area contributed by atoms with E-state index in [0.29, 0.717) is 15.6 Å². The minimum Gasteiger partial charge on any atom is -0.318 e. The van der Waals surface area contributed by atoms with Crippen molar-refractivity contribution in [3.05, 3.63) is 86.7 Å². The molecule has 1 heterocycles. The lowest BCUT2D eigenvalue weighted by molar-refractivity contribution is 0.954. The molecule has 0 atom stereocenters. The molecule has 0 aliphatic heterocycles. The predicted octanol–water partition coefficient (Wildman–Crippen LogP) is 6.77. The van der Waals surface area contributed by atoms with Gasteiger partial charge in [-0.2, -0.15) is 5.26 Å². The first kappa shape index (κ1) is 18.3. The Morgan fingerprint density at radius 2 is 1.73 bits per heavy atom. The summed E-state index contributed by atoms with van der Waals surface area (Å²) in [5.74, 6) is 0. The molecule has 0 fully saturated rings. The first-order valence-electron chi connectivity index (χ1n) is 8.24. The van der Waals surface area contributed by atoms with Gasteiger partial charge < -0.3 is 4.57 Å². The fraction of sp³-hybridized carbons (Fsp3) is 0.136. The lowest BCUT2D eigenvalue weighted by Gasteiger charge is -2.13. The Morgan fingerprint density at radius 3 is 2.42 bits per heavy atom. The third-order valence-corrected chi connectivity index (χ3v) is 4.91. The topological polar surface area (TPSA) is 28.7 Å². The SMILES string of the molecule is Cc1ccc(Cl)cc1-n1c(C)cc(/C=C(/C#N)c2cccc(Cl)c2)c1C. The quantitative estimate of drug-likeness (QED) is 0.460. The molecule has 130 valence electrons. The Kier molecular flexibility index (Phi) is 5.23. The predicted molar refractivity (Wildman–Crippen MR) is 110 cm³/mol. The lowest BCUT2D eigenvalue weighted by Crippen LogP contribution is -2.01. The van der Waals surface area contributed by atoms with Crippen LogP contribution in [0.15, 0.2) is 48.5 Å². The third-order valence-electron chi connectivity index (χ3n) is 4.44. The maximum Gasteiger partial charge on any atom is 0.0998 e. The zero-order valence-corrected chi connectivity index (χ0v) is 16.4. The van der Waals surface area contributed by atoms with Gasteiger partial charge in [0.05, 0.1) is 11.6 Å². The molecular weight excluding hydrogens is 363 g/mol. The van der Waals surface area contributed by atoms with Crippen LogP contribution in [0.4, 0.5) is 0 Å². The zero-order valence-electron chi connectivity index (χ0n) is 14.8. The van der Waals surface area contributed by atoms with Gasteiger partial charge in [-0.15, -0.1) is 0 Å². The lowest BCUT2D eigenvalue weighted by atomic mass is 10.0. The number of aromatic nitrogens is 1. The van der Waals surface area contributed by atoms with E-state index in [1.165, 1.54) is 0 Å². The Balaban J connectivity index is 2.13. The summed E-state index contributed by atoms with van der Waals surface area (Å²) in [6.07, 6.45) is 1.91. The molecule has 0 amide bonds. The van der Waals surface area contributed by atoms with Crippen molar-refractivity contribution in [2.75, 3.05) is 0 Å². The molecule has 0 aliphatic carbocycles. The fourth-order valence-corrected chi connectivity index (χ4v) is 3.48. The van der Waals surface area contributed by atoms with E-state index in [1.807, 2.05) is 43.3 Å². The molecule has 0 saturated heterocycles. The molecule has 0 aliphatic rings. The van der Waals surface area contributed by atoms with Crippen LogP contribution in [0.25, 0.3) is 17.3 Å². The van der Waals surface area contributed by atoms with Crippen molar-refractivity contribution in [2.45, 2.75) is 20.8 Å². The van der Waals surface area contributed by atoms with Gasteiger partial charge in [0.15, 0.2) is 0 Å². The highest BCUT2D eigenvalue weighted by atomic mass is 35.5. The van der Waals surface area contributed by atoms with Gasteiger partial charge in [0.2, 0.25) is 0 Å². The van der Waals surface area contributed by atoms with Crippen LogP contribution >= 0.6 is 23.2 Å². The molecule has 0 saturated carbocycles. The number of benzene rings is 2. The second kappa shape index (κ2) is 7.41. The van der Waals surface area contributed by atoms with Crippen LogP contribution in [-0.4, -0.2) is 4.57 Å². The van der Waals surface area contributed by atoms with Crippen molar-refractivity contribution in [1.82, 2.24) is 4.57 Å². The molecule has 4 heteroatoms. The number of hydrogen-bond donors (Lipinski definition) is 0. The average molecular weight is 381 g/mol. The number of hydrogen-bond acceptors (Lipinski definition) is 1. The number of nitrogens with zero attached hydrogens (tertiary/aromatic N) is 2. The molecule has 3 aromatic rings. The number of nitriles is 1. The van der Waals surface area contributed by atoms with E-state index in [1.54, 1.807) is 12.1 Å². The maximum absolute atomic E-state index is 9.61. The maximum atomic E-state index is 9.61. The van der Waals surface area contributed by atoms with E-state index in [0.717, 1.165) is 33.8 Å². The summed E-state index contributed by atoms with van der Waals surface area (Å²) in [7, 11) is 0. The van der Waals surface area contributed by atoms with Crippen molar-refractivity contribution < 1.29 is 0 Å². The molecule has 1 aromatic heterocycles. The minimum absolute atomic E-state index is 0.579. The fourth-order valence-electron chi connectivity index (χ4n) is 3.12. The third kappa shape index (κ3) is 3.55. The van der Waals surface area contributed by atoms with Gasteiger partial charge in [0.25, 0.3) is 0 Å². The summed E-state index contributed by atoms with van der Waals surface area (Å²) >= 11 is 12.3. The Hall–Kier alpha value is -2.47. The molecule has 0 bridgehead atoms. The molecular formula is C22H18Cl2N2. The number of aryl methyl sites for hydroxylation is 2. The van der Waals surface area contributed by atoms with Crippen molar-refractivity contribution in [1.29, 1.82) is 5.26 Å². The van der Waals surface area contributed by atoms with Crippen molar-refractivity contribution in [3.63, 3.8) is 0 Å². The Morgan fingerprint density at radius 1 is 1.00 bits per heavy atom. The number of rotatable bonds is 3. The van der Waals surface area contributed by atoms with Gasteiger partial charge in [-0.1, -0.05) is 41.4 Å². The Labute approximate surface area is 163 Å².